The number of hydrogen-bond acceptors (Lipinski definition) is 5. The number of carbonyl (C=O) groups excluding carboxylic acids is 1. The number of nitrogens with one attached hydrogen (secondary N) is 1. The molecule has 3 N–H and O–H groups in total. The van der Waals surface area contributed by atoms with Crippen LogP contribution in [0, 0.1) is 0 Å². The van der Waals surface area contributed by atoms with Gasteiger partial charge in [-0.2, -0.15) is 0 Å². The molecule has 0 unspecified atom stereocenters. The van der Waals surface area contributed by atoms with E-state index in [9.17, 15) is 13.2 Å². The molecule has 0 fully saturated rings. The topological polar surface area (TPSA) is 102 Å². The third kappa shape index (κ3) is 4.16. The number of anilines is 1. The molecule has 2 rings (SSSR count). The summed E-state index contributed by atoms with van der Waals surface area (Å²) in [5.74, 6) is 4.65. The highest BCUT2D eigenvalue weighted by Gasteiger charge is 2.31. The summed E-state index contributed by atoms with van der Waals surface area (Å²) in [4.78, 5) is 11.5. The third-order valence-electron chi connectivity index (χ3n) is 3.26. The number of benzene rings is 2. The Labute approximate surface area is 155 Å². The second-order valence-corrected chi connectivity index (χ2v) is 7.50. The van der Waals surface area contributed by atoms with Crippen LogP contribution in [0.5, 0.6) is 5.75 Å². The zero-order valence-electron chi connectivity index (χ0n) is 13.1. The summed E-state index contributed by atoms with van der Waals surface area (Å²) in [6, 6.07) is 10.4. The summed E-state index contributed by atoms with van der Waals surface area (Å²) >= 11 is 11.9. The van der Waals surface area contributed by atoms with E-state index in [1.165, 1.54) is 31.4 Å². The van der Waals surface area contributed by atoms with E-state index in [0.717, 1.165) is 4.31 Å². The summed E-state index contributed by atoms with van der Waals surface area (Å²) in [6.45, 7) is -0.567. The van der Waals surface area contributed by atoms with Crippen LogP contribution in [-0.2, 0) is 14.8 Å². The van der Waals surface area contributed by atoms with Crippen molar-refractivity contribution in [1.29, 1.82) is 0 Å². The minimum Gasteiger partial charge on any atom is -0.495 e. The molecule has 0 heterocycles. The normalized spacial score (nSPS) is 11.0. The number of nitrogens with two attached hydrogens (primary N) is 1. The number of rotatable bonds is 6. The first-order chi connectivity index (χ1) is 11.8. The van der Waals surface area contributed by atoms with Gasteiger partial charge in [0.25, 0.3) is 15.9 Å². The molecule has 7 nitrogen and oxygen atoms in total. The van der Waals surface area contributed by atoms with Crippen LogP contribution in [0.25, 0.3) is 0 Å². The van der Waals surface area contributed by atoms with Crippen molar-refractivity contribution in [3.8, 4) is 5.75 Å². The van der Waals surface area contributed by atoms with Gasteiger partial charge >= 0.3 is 0 Å². The largest absolute Gasteiger partial charge is 0.495 e. The van der Waals surface area contributed by atoms with Crippen molar-refractivity contribution < 1.29 is 17.9 Å². The first kappa shape index (κ1) is 19.3. The van der Waals surface area contributed by atoms with Crippen molar-refractivity contribution in [2.45, 2.75) is 4.90 Å². The number of ether oxygens (including phenoxy) is 1. The van der Waals surface area contributed by atoms with E-state index in [1.54, 1.807) is 18.2 Å². The van der Waals surface area contributed by atoms with Crippen LogP contribution in [0.4, 0.5) is 5.69 Å². The Morgan fingerprint density at radius 1 is 1.24 bits per heavy atom. The Hall–Kier alpha value is -2.00. The number of methoxy groups -OCH3 is 1. The SMILES string of the molecule is COc1ccccc1N(CC(=O)NN)S(=O)(=O)c1cc(Cl)ccc1Cl. The standard InChI is InChI=1S/C15H15Cl2N3O4S/c1-24-13-5-3-2-4-12(13)20(9-15(21)19-18)25(22,23)14-8-10(16)6-7-11(14)17/h2-8H,9,18H2,1H3,(H,19,21). The molecule has 10 heteroatoms. The molecule has 2 aromatic carbocycles. The summed E-state index contributed by atoms with van der Waals surface area (Å²) in [7, 11) is -2.84. The van der Waals surface area contributed by atoms with Crippen LogP contribution in [0.3, 0.4) is 0 Å². The molecule has 2 aromatic rings. The molecule has 0 aliphatic heterocycles. The highest BCUT2D eigenvalue weighted by Crippen LogP contribution is 2.34. The Bertz CT molecular complexity index is 890. The fourth-order valence-corrected chi connectivity index (χ4v) is 4.28. The Morgan fingerprint density at radius 3 is 2.56 bits per heavy atom. The number of para-hydroxylation sites is 2. The number of halogens is 2. The van der Waals surface area contributed by atoms with E-state index >= 15 is 0 Å². The van der Waals surface area contributed by atoms with Crippen LogP contribution in [0.2, 0.25) is 10.0 Å². The summed E-state index contributed by atoms with van der Waals surface area (Å²) in [5.41, 5.74) is 2.06. The van der Waals surface area contributed by atoms with Crippen molar-refractivity contribution in [2.24, 2.45) is 5.84 Å². The van der Waals surface area contributed by atoms with Crippen molar-refractivity contribution in [3.05, 3.63) is 52.5 Å². The monoisotopic (exact) mass is 403 g/mol. The molecular formula is C15H15Cl2N3O4S. The van der Waals surface area contributed by atoms with E-state index in [0.29, 0.717) is 0 Å². The first-order valence-corrected chi connectivity index (χ1v) is 9.11. The van der Waals surface area contributed by atoms with Crippen LogP contribution >= 0.6 is 23.2 Å². The molecule has 0 spiro atoms. The van der Waals surface area contributed by atoms with Gasteiger partial charge in [0.1, 0.15) is 17.2 Å². The summed E-state index contributed by atoms with van der Waals surface area (Å²) in [6.07, 6.45) is 0. The number of hydrazine groups is 1. The lowest BCUT2D eigenvalue weighted by atomic mass is 10.3. The predicted octanol–water partition coefficient (Wildman–Crippen LogP) is 2.19. The van der Waals surface area contributed by atoms with Gasteiger partial charge in [-0.25, -0.2) is 14.3 Å². The van der Waals surface area contributed by atoms with Gasteiger partial charge in [0.05, 0.1) is 17.8 Å². The highest BCUT2D eigenvalue weighted by atomic mass is 35.5. The smallest absolute Gasteiger partial charge is 0.266 e. The molecule has 1 amide bonds. The lowest BCUT2D eigenvalue weighted by Gasteiger charge is -2.25. The molecule has 0 atom stereocenters. The minimum absolute atomic E-state index is 0.0301. The molecule has 0 aliphatic carbocycles. The number of carbonyl (C=O) groups is 1. The highest BCUT2D eigenvalue weighted by molar-refractivity contribution is 7.93. The maximum Gasteiger partial charge on any atom is 0.266 e. The van der Waals surface area contributed by atoms with Gasteiger partial charge in [-0.1, -0.05) is 35.3 Å². The lowest BCUT2D eigenvalue weighted by molar-refractivity contribution is -0.119. The number of sulfonamides is 1. The fourth-order valence-electron chi connectivity index (χ4n) is 2.11. The Morgan fingerprint density at radius 2 is 1.92 bits per heavy atom. The van der Waals surface area contributed by atoms with Gasteiger partial charge in [-0.05, 0) is 30.3 Å². The number of amides is 1. The van der Waals surface area contributed by atoms with Crippen molar-refractivity contribution >= 4 is 44.8 Å². The minimum atomic E-state index is -4.22. The van der Waals surface area contributed by atoms with Crippen molar-refractivity contribution in [2.75, 3.05) is 18.0 Å². The molecule has 25 heavy (non-hydrogen) atoms. The summed E-state index contributed by atoms with van der Waals surface area (Å²) < 4.78 is 32.3. The van der Waals surface area contributed by atoms with Gasteiger partial charge in [0, 0.05) is 5.02 Å². The Kier molecular flexibility index (Phi) is 6.12. The van der Waals surface area contributed by atoms with Crippen LogP contribution in [-0.4, -0.2) is 28.0 Å². The van der Waals surface area contributed by atoms with Crippen LogP contribution in [0.15, 0.2) is 47.4 Å². The predicted molar refractivity (Wildman–Crippen MR) is 96.3 cm³/mol. The molecule has 0 aromatic heterocycles. The van der Waals surface area contributed by atoms with E-state index < -0.39 is 22.5 Å². The van der Waals surface area contributed by atoms with Gasteiger partial charge in [0.15, 0.2) is 0 Å². The van der Waals surface area contributed by atoms with Gasteiger partial charge in [0.2, 0.25) is 0 Å². The van der Waals surface area contributed by atoms with Gasteiger partial charge in [-0.3, -0.25) is 14.5 Å². The van der Waals surface area contributed by atoms with E-state index in [2.05, 4.69) is 0 Å². The van der Waals surface area contributed by atoms with E-state index in [-0.39, 0.29) is 26.4 Å². The van der Waals surface area contributed by atoms with Crippen LogP contribution < -0.4 is 20.3 Å². The van der Waals surface area contributed by atoms with E-state index in [4.69, 9.17) is 33.8 Å². The quantitative estimate of drug-likeness (QED) is 0.437. The zero-order chi connectivity index (χ0) is 18.6. The average Bonchev–Trinajstić information content (AvgIpc) is 2.61. The zero-order valence-corrected chi connectivity index (χ0v) is 15.4. The second kappa shape index (κ2) is 7.92. The van der Waals surface area contributed by atoms with E-state index in [1.807, 2.05) is 5.43 Å². The fraction of sp³-hybridized carbons (Fsp3) is 0.133. The molecule has 0 radical (unpaired) electrons. The Balaban J connectivity index is 2.66. The molecule has 0 saturated heterocycles. The summed E-state index contributed by atoms with van der Waals surface area (Å²) in [5, 5.41) is 0.156. The first-order valence-electron chi connectivity index (χ1n) is 6.91. The maximum atomic E-state index is 13.1. The average molecular weight is 404 g/mol. The molecule has 134 valence electrons. The van der Waals surface area contributed by atoms with Gasteiger partial charge < -0.3 is 4.74 Å². The van der Waals surface area contributed by atoms with Crippen LogP contribution in [0.1, 0.15) is 0 Å². The maximum absolute atomic E-state index is 13.1. The number of nitrogens with zero attached hydrogens (tertiary/aromatic N) is 1. The number of hydrogen-bond donors (Lipinski definition) is 2. The third-order valence-corrected chi connectivity index (χ3v) is 5.74. The van der Waals surface area contributed by atoms with Crippen molar-refractivity contribution in [3.63, 3.8) is 0 Å². The molecule has 0 bridgehead atoms. The van der Waals surface area contributed by atoms with Crippen molar-refractivity contribution in [1.82, 2.24) is 5.43 Å². The van der Waals surface area contributed by atoms with Gasteiger partial charge in [-0.15, -0.1) is 0 Å². The lowest BCUT2D eigenvalue weighted by Crippen LogP contribution is -2.43. The molecule has 0 saturated carbocycles. The second-order valence-electron chi connectivity index (χ2n) is 4.83. The molecular weight excluding hydrogens is 389 g/mol. The molecule has 0 aliphatic rings.